The van der Waals surface area contributed by atoms with Crippen LogP contribution in [-0.4, -0.2) is 63.2 Å². The van der Waals surface area contributed by atoms with E-state index in [1.54, 1.807) is 0 Å². The summed E-state index contributed by atoms with van der Waals surface area (Å²) in [7, 11) is -3.44. The van der Waals surface area contributed by atoms with Gasteiger partial charge in [-0.05, 0) is 25.9 Å². The number of hydrogen-bond donors (Lipinski definition) is 3. The van der Waals surface area contributed by atoms with Crippen molar-refractivity contribution in [1.82, 2.24) is 20.1 Å². The lowest BCUT2D eigenvalue weighted by Gasteiger charge is -2.20. The number of aliphatic imine (C=N–C) groups is 1. The third kappa shape index (κ3) is 6.10. The number of nitrogens with zero attached hydrogens (tertiary/aromatic N) is 3. The Morgan fingerprint density at radius 3 is 3.08 bits per heavy atom. The Labute approximate surface area is 142 Å². The third-order valence-corrected chi connectivity index (χ3v) is 5.28. The minimum Gasteiger partial charge on any atom is -0.370 e. The first kappa shape index (κ1) is 18.7. The highest BCUT2D eigenvalue weighted by molar-refractivity contribution is 7.88. The van der Waals surface area contributed by atoms with Crippen molar-refractivity contribution in [2.45, 2.75) is 31.6 Å². The van der Waals surface area contributed by atoms with Crippen LogP contribution in [0, 0.1) is 0 Å². The average Bonchev–Trinajstić information content (AvgIpc) is 3.20. The lowest BCUT2D eigenvalue weighted by Crippen LogP contribution is -2.39. The van der Waals surface area contributed by atoms with Crippen molar-refractivity contribution >= 4 is 16.0 Å². The largest absolute Gasteiger partial charge is 0.370 e. The van der Waals surface area contributed by atoms with Gasteiger partial charge in [0.25, 0.3) is 0 Å². The number of guanidine groups is 1. The van der Waals surface area contributed by atoms with E-state index in [1.807, 2.05) is 0 Å². The number of sulfonamides is 1. The highest BCUT2D eigenvalue weighted by Gasteiger charge is 2.22. The van der Waals surface area contributed by atoms with Gasteiger partial charge in [-0.1, -0.05) is 12.1 Å². The van der Waals surface area contributed by atoms with Crippen molar-refractivity contribution in [2.24, 2.45) is 10.7 Å². The van der Waals surface area contributed by atoms with E-state index in [-0.39, 0.29) is 12.3 Å². The number of aromatic nitrogens is 1. The van der Waals surface area contributed by atoms with Gasteiger partial charge in [0.05, 0.1) is 12.2 Å². The van der Waals surface area contributed by atoms with Crippen LogP contribution in [0.3, 0.4) is 0 Å². The molecule has 1 unspecified atom stereocenters. The molecule has 1 aromatic rings. The maximum Gasteiger partial charge on any atom is 0.217 e. The van der Waals surface area contributed by atoms with E-state index in [4.69, 9.17) is 5.73 Å². The Morgan fingerprint density at radius 2 is 2.38 bits per heavy atom. The second kappa shape index (κ2) is 9.00. The third-order valence-electron chi connectivity index (χ3n) is 3.96. The van der Waals surface area contributed by atoms with E-state index in [0.717, 1.165) is 19.5 Å². The number of likely N-dealkylation sites (N-methyl/N-ethyl adjacent to an activating group) is 1. The summed E-state index contributed by atoms with van der Waals surface area (Å²) in [5, 5.41) is 6.50. The molecule has 10 heteroatoms. The summed E-state index contributed by atoms with van der Waals surface area (Å²) in [5.74, 6) is 0.135. The lowest BCUT2D eigenvalue weighted by atomic mass is 10.2. The summed E-state index contributed by atoms with van der Waals surface area (Å²) in [6, 6.07) is 1.97. The molecule has 0 bridgehead atoms. The van der Waals surface area contributed by atoms with Crippen LogP contribution < -0.4 is 15.8 Å². The molecule has 1 saturated heterocycles. The second-order valence-corrected chi connectivity index (χ2v) is 7.53. The molecule has 2 rings (SSSR count). The molecule has 0 aromatic carbocycles. The van der Waals surface area contributed by atoms with Crippen molar-refractivity contribution < 1.29 is 12.9 Å². The zero-order chi connectivity index (χ0) is 17.4. The predicted octanol–water partition coefficient (Wildman–Crippen LogP) is -0.517. The molecule has 1 aromatic heterocycles. The quantitative estimate of drug-likeness (QED) is 0.308. The number of likely N-dealkylation sites (tertiary alicyclic amines) is 1. The van der Waals surface area contributed by atoms with Crippen LogP contribution in [-0.2, 0) is 15.8 Å². The van der Waals surface area contributed by atoms with Crippen molar-refractivity contribution in [3.63, 3.8) is 0 Å². The molecule has 0 saturated carbocycles. The van der Waals surface area contributed by atoms with Crippen molar-refractivity contribution in [3.05, 3.63) is 18.0 Å². The second-order valence-electron chi connectivity index (χ2n) is 5.72. The molecule has 0 radical (unpaired) electrons. The fraction of sp³-hybridized carbons (Fsp3) is 0.714. The van der Waals surface area contributed by atoms with E-state index in [2.05, 4.69) is 36.5 Å². The van der Waals surface area contributed by atoms with E-state index >= 15 is 0 Å². The van der Waals surface area contributed by atoms with Crippen LogP contribution >= 0.6 is 0 Å². The number of nitrogens with one attached hydrogen (secondary N) is 2. The maximum atomic E-state index is 11.8. The van der Waals surface area contributed by atoms with Gasteiger partial charge < -0.3 is 15.6 Å². The molecular formula is C14H26N6O3S. The topological polar surface area (TPSA) is 126 Å². The Morgan fingerprint density at radius 1 is 1.54 bits per heavy atom. The lowest BCUT2D eigenvalue weighted by molar-refractivity contribution is 0.273. The van der Waals surface area contributed by atoms with E-state index in [1.165, 1.54) is 18.8 Å². The smallest absolute Gasteiger partial charge is 0.217 e. The molecule has 1 fully saturated rings. The Hall–Kier alpha value is -1.65. The first-order valence-corrected chi connectivity index (χ1v) is 9.80. The van der Waals surface area contributed by atoms with E-state index in [0.29, 0.717) is 30.8 Å². The molecule has 136 valence electrons. The van der Waals surface area contributed by atoms with Crippen molar-refractivity contribution in [2.75, 3.05) is 32.7 Å². The molecule has 2 heterocycles. The number of hydrogen-bond acceptors (Lipinski definition) is 6. The van der Waals surface area contributed by atoms with Gasteiger partial charge in [0.1, 0.15) is 12.0 Å². The highest BCUT2D eigenvalue weighted by Crippen LogP contribution is 2.16. The average molecular weight is 358 g/mol. The Bertz CT molecular complexity index is 616. The SMILES string of the molecule is CCN1CCCC1CN=C(N)NCCNS(=O)(=O)Cc1ccon1. The van der Waals surface area contributed by atoms with E-state index < -0.39 is 10.0 Å². The molecule has 0 amide bonds. The minimum atomic E-state index is -3.44. The van der Waals surface area contributed by atoms with Gasteiger partial charge in [-0.15, -0.1) is 0 Å². The van der Waals surface area contributed by atoms with Crippen LogP contribution in [0.25, 0.3) is 0 Å². The summed E-state index contributed by atoms with van der Waals surface area (Å²) < 4.78 is 30.7. The minimum absolute atomic E-state index is 0.207. The van der Waals surface area contributed by atoms with Crippen LogP contribution in [0.5, 0.6) is 0 Å². The summed E-state index contributed by atoms with van der Waals surface area (Å²) >= 11 is 0. The maximum absolute atomic E-state index is 11.8. The summed E-state index contributed by atoms with van der Waals surface area (Å²) in [4.78, 5) is 6.74. The summed E-state index contributed by atoms with van der Waals surface area (Å²) in [6.45, 7) is 5.56. The molecular weight excluding hydrogens is 332 g/mol. The van der Waals surface area contributed by atoms with Gasteiger partial charge in [0, 0.05) is 25.2 Å². The molecule has 1 aliphatic rings. The Balaban J connectivity index is 1.65. The molecule has 0 spiro atoms. The molecule has 4 N–H and O–H groups in total. The van der Waals surface area contributed by atoms with Gasteiger partial charge >= 0.3 is 0 Å². The molecule has 1 atom stereocenters. The monoisotopic (exact) mass is 358 g/mol. The van der Waals surface area contributed by atoms with Gasteiger partial charge in [-0.3, -0.25) is 9.89 Å². The molecule has 1 aliphatic heterocycles. The normalized spacial score (nSPS) is 19.7. The fourth-order valence-electron chi connectivity index (χ4n) is 2.73. The predicted molar refractivity (Wildman–Crippen MR) is 91.9 cm³/mol. The van der Waals surface area contributed by atoms with Crippen LogP contribution in [0.4, 0.5) is 0 Å². The standard InChI is InChI=1S/C14H26N6O3S/c1-2-20-8-3-4-13(20)10-17-14(15)16-6-7-18-24(21,22)11-12-5-9-23-19-12/h5,9,13,18H,2-4,6-8,10-11H2,1H3,(H3,15,16,17). The van der Waals surface area contributed by atoms with E-state index in [9.17, 15) is 8.42 Å². The van der Waals surface area contributed by atoms with Crippen molar-refractivity contribution in [3.8, 4) is 0 Å². The van der Waals surface area contributed by atoms with Gasteiger partial charge in [-0.25, -0.2) is 13.1 Å². The Kier molecular flexibility index (Phi) is 7.00. The van der Waals surface area contributed by atoms with Gasteiger partial charge in [0.2, 0.25) is 10.0 Å². The zero-order valence-electron chi connectivity index (χ0n) is 13.9. The highest BCUT2D eigenvalue weighted by atomic mass is 32.2. The van der Waals surface area contributed by atoms with Crippen LogP contribution in [0.1, 0.15) is 25.5 Å². The fourth-order valence-corrected chi connectivity index (χ4v) is 3.79. The van der Waals surface area contributed by atoms with Crippen LogP contribution in [0.2, 0.25) is 0 Å². The first-order chi connectivity index (χ1) is 11.5. The van der Waals surface area contributed by atoms with Gasteiger partial charge in [-0.2, -0.15) is 0 Å². The zero-order valence-corrected chi connectivity index (χ0v) is 14.8. The van der Waals surface area contributed by atoms with Gasteiger partial charge in [0.15, 0.2) is 5.96 Å². The molecule has 0 aliphatic carbocycles. The van der Waals surface area contributed by atoms with Crippen LogP contribution in [0.15, 0.2) is 21.8 Å². The first-order valence-electron chi connectivity index (χ1n) is 8.14. The molecule has 9 nitrogen and oxygen atoms in total. The molecule has 24 heavy (non-hydrogen) atoms. The number of nitrogens with two attached hydrogens (primary N) is 1. The summed E-state index contributed by atoms with van der Waals surface area (Å²) in [5.41, 5.74) is 6.19. The number of rotatable bonds is 9. The summed E-state index contributed by atoms with van der Waals surface area (Å²) in [6.07, 6.45) is 3.69. The van der Waals surface area contributed by atoms with Crippen molar-refractivity contribution in [1.29, 1.82) is 0 Å².